The van der Waals surface area contributed by atoms with Gasteiger partial charge in [-0.25, -0.2) is 14.1 Å². The SMILES string of the molecule is C/C=C/C=N\C(=N/C)SCC(=O)[C@@]1(O)CCC2C3CCC4=Cc5c(cnn5-c5ccc(F)cc5)CC4(C)C3[C@@H](O)CC21C. The Labute approximate surface area is 257 Å². The first kappa shape index (κ1) is 30.2. The van der Waals surface area contributed by atoms with Crippen LogP contribution in [-0.2, 0) is 11.2 Å². The number of ketones is 1. The molecular weight excluding hydrogens is 563 g/mol. The van der Waals surface area contributed by atoms with E-state index in [0.29, 0.717) is 18.0 Å². The normalized spacial score (nSPS) is 35.4. The summed E-state index contributed by atoms with van der Waals surface area (Å²) in [5, 5.41) is 29.1. The van der Waals surface area contributed by atoms with E-state index in [-0.39, 0.29) is 40.5 Å². The van der Waals surface area contributed by atoms with Crippen molar-refractivity contribution in [2.45, 2.75) is 71.0 Å². The van der Waals surface area contributed by atoms with Crippen molar-refractivity contribution in [2.24, 2.45) is 38.6 Å². The highest BCUT2D eigenvalue weighted by Gasteiger charge is 2.68. The molecule has 7 nitrogen and oxygen atoms in total. The summed E-state index contributed by atoms with van der Waals surface area (Å²) in [6.45, 7) is 6.22. The van der Waals surface area contributed by atoms with Crippen molar-refractivity contribution < 1.29 is 19.4 Å². The first-order chi connectivity index (χ1) is 20.6. The zero-order valence-electron chi connectivity index (χ0n) is 25.3. The number of carbonyl (C=O) groups excluding carboxylic acids is 1. The number of aliphatic hydroxyl groups is 2. The molecule has 7 atom stereocenters. The third-order valence-electron chi connectivity index (χ3n) is 11.1. The zero-order valence-corrected chi connectivity index (χ0v) is 26.1. The number of hydrogen-bond donors (Lipinski definition) is 2. The third-order valence-corrected chi connectivity index (χ3v) is 12.0. The van der Waals surface area contributed by atoms with Crippen LogP contribution in [0.15, 0.2) is 58.2 Å². The molecule has 1 aromatic heterocycles. The van der Waals surface area contributed by atoms with E-state index < -0.39 is 17.1 Å². The molecule has 0 spiro atoms. The minimum atomic E-state index is -1.49. The van der Waals surface area contributed by atoms with Gasteiger partial charge in [-0.1, -0.05) is 37.3 Å². The van der Waals surface area contributed by atoms with Gasteiger partial charge in [0.2, 0.25) is 0 Å². The smallest absolute Gasteiger partial charge is 0.183 e. The highest BCUT2D eigenvalue weighted by molar-refractivity contribution is 8.14. The Balaban J connectivity index is 1.24. The van der Waals surface area contributed by atoms with E-state index in [1.807, 2.05) is 30.8 Å². The number of aromatic nitrogens is 2. The monoisotopic (exact) mass is 604 g/mol. The van der Waals surface area contributed by atoms with Crippen molar-refractivity contribution in [1.29, 1.82) is 0 Å². The van der Waals surface area contributed by atoms with Crippen LogP contribution in [0.2, 0.25) is 0 Å². The summed E-state index contributed by atoms with van der Waals surface area (Å²) in [7, 11) is 1.65. The van der Waals surface area contributed by atoms with Crippen molar-refractivity contribution >= 4 is 35.0 Å². The fourth-order valence-electron chi connectivity index (χ4n) is 9.04. The van der Waals surface area contributed by atoms with Crippen LogP contribution in [0.5, 0.6) is 0 Å². The molecule has 0 radical (unpaired) electrons. The Bertz CT molecular complexity index is 1530. The Morgan fingerprint density at radius 1 is 1.26 bits per heavy atom. The maximum atomic E-state index is 13.7. The molecule has 3 saturated carbocycles. The second-order valence-electron chi connectivity index (χ2n) is 13.2. The lowest BCUT2D eigenvalue weighted by Gasteiger charge is -2.60. The maximum absolute atomic E-state index is 13.7. The number of Topliss-reactive ketones (excluding diaryl/α,β-unsaturated/α-hetero) is 1. The van der Waals surface area contributed by atoms with Gasteiger partial charge in [0.15, 0.2) is 11.0 Å². The molecule has 0 amide bonds. The Kier molecular flexibility index (Phi) is 7.88. The summed E-state index contributed by atoms with van der Waals surface area (Å²) in [4.78, 5) is 22.2. The second-order valence-corrected chi connectivity index (χ2v) is 14.1. The number of fused-ring (bicyclic) bond motifs is 6. The number of benzene rings is 1. The van der Waals surface area contributed by atoms with Crippen LogP contribution >= 0.6 is 11.8 Å². The van der Waals surface area contributed by atoms with Gasteiger partial charge in [0.25, 0.3) is 0 Å². The molecule has 43 heavy (non-hydrogen) atoms. The molecule has 0 saturated heterocycles. The maximum Gasteiger partial charge on any atom is 0.183 e. The lowest BCUT2D eigenvalue weighted by molar-refractivity contribution is -0.177. The summed E-state index contributed by atoms with van der Waals surface area (Å²) in [5.74, 6) is -0.00625. The summed E-state index contributed by atoms with van der Waals surface area (Å²) >= 11 is 1.25. The zero-order chi connectivity index (χ0) is 30.6. The molecule has 9 heteroatoms. The fourth-order valence-corrected chi connectivity index (χ4v) is 9.80. The van der Waals surface area contributed by atoms with Gasteiger partial charge in [0, 0.05) is 18.7 Å². The fraction of sp³-hybridized carbons (Fsp3) is 0.529. The Morgan fingerprint density at radius 2 is 2.02 bits per heavy atom. The number of allylic oxidation sites excluding steroid dienone is 3. The quantitative estimate of drug-likeness (QED) is 0.331. The first-order valence-corrected chi connectivity index (χ1v) is 16.3. The molecule has 2 aromatic rings. The van der Waals surface area contributed by atoms with E-state index in [4.69, 9.17) is 0 Å². The number of carbonyl (C=O) groups is 1. The molecule has 1 heterocycles. The van der Waals surface area contributed by atoms with Gasteiger partial charge in [-0.15, -0.1) is 0 Å². The molecule has 5 unspecified atom stereocenters. The highest BCUT2D eigenvalue weighted by Crippen LogP contribution is 2.67. The molecule has 228 valence electrons. The molecule has 0 bridgehead atoms. The number of nitrogens with zero attached hydrogens (tertiary/aromatic N) is 4. The van der Waals surface area contributed by atoms with Gasteiger partial charge < -0.3 is 10.2 Å². The van der Waals surface area contributed by atoms with Crippen molar-refractivity contribution in [2.75, 3.05) is 12.8 Å². The topological polar surface area (TPSA) is 100 Å². The number of aliphatic imine (C=N–C) groups is 2. The third kappa shape index (κ3) is 4.79. The summed E-state index contributed by atoms with van der Waals surface area (Å²) in [6, 6.07) is 6.38. The predicted molar refractivity (Wildman–Crippen MR) is 170 cm³/mol. The number of amidine groups is 1. The van der Waals surface area contributed by atoms with Gasteiger partial charge in [-0.2, -0.15) is 5.10 Å². The number of halogens is 1. The largest absolute Gasteiger partial charge is 0.393 e. The lowest BCUT2D eigenvalue weighted by atomic mass is 9.45. The van der Waals surface area contributed by atoms with Crippen LogP contribution in [0.4, 0.5) is 4.39 Å². The van der Waals surface area contributed by atoms with Gasteiger partial charge in [0.1, 0.15) is 11.4 Å². The second kappa shape index (κ2) is 11.2. The first-order valence-electron chi connectivity index (χ1n) is 15.3. The van der Waals surface area contributed by atoms with Crippen LogP contribution in [-0.4, -0.2) is 61.7 Å². The predicted octanol–water partition coefficient (Wildman–Crippen LogP) is 5.83. The summed E-state index contributed by atoms with van der Waals surface area (Å²) in [6.07, 6.45) is 13.0. The molecule has 3 fully saturated rings. The van der Waals surface area contributed by atoms with E-state index in [9.17, 15) is 19.4 Å². The average molecular weight is 605 g/mol. The molecule has 6 rings (SSSR count). The van der Waals surface area contributed by atoms with Crippen molar-refractivity contribution in [3.8, 4) is 5.69 Å². The Hall–Kier alpha value is -2.88. The number of hydrogen-bond acceptors (Lipinski definition) is 6. The number of aliphatic hydroxyl groups excluding tert-OH is 1. The van der Waals surface area contributed by atoms with Crippen LogP contribution < -0.4 is 0 Å². The van der Waals surface area contributed by atoms with E-state index in [1.165, 1.54) is 29.5 Å². The van der Waals surface area contributed by atoms with Crippen LogP contribution in [0.3, 0.4) is 0 Å². The van der Waals surface area contributed by atoms with E-state index in [0.717, 1.165) is 42.6 Å². The standard InChI is InChI=1S/C34H41FN4O3S/c1-5-6-15-37-31(36-4)43-20-29(41)34(42)14-13-26-25-12-7-22-16-27-21(19-38-39(27)24-10-8-23(35)9-11-24)17-32(22,2)30(25)28(40)18-33(26,34)3/h5-6,8-11,15-16,19,25-26,28,30,40,42H,7,12-14,17-18,20H2,1-4H3/b6-5+,36-31+,37-15-/t25?,26?,28-,30?,32?,33?,34-/m0/s1. The van der Waals surface area contributed by atoms with Gasteiger partial charge in [0.05, 0.1) is 29.4 Å². The molecule has 4 aliphatic carbocycles. The van der Waals surface area contributed by atoms with Crippen LogP contribution in [0.25, 0.3) is 11.8 Å². The van der Waals surface area contributed by atoms with E-state index in [2.05, 4.69) is 28.1 Å². The van der Waals surface area contributed by atoms with E-state index in [1.54, 1.807) is 31.5 Å². The van der Waals surface area contributed by atoms with E-state index >= 15 is 0 Å². The minimum Gasteiger partial charge on any atom is -0.393 e. The summed E-state index contributed by atoms with van der Waals surface area (Å²) < 4.78 is 15.4. The molecule has 2 N–H and O–H groups in total. The van der Waals surface area contributed by atoms with Crippen molar-refractivity contribution in [3.63, 3.8) is 0 Å². The molecule has 1 aromatic carbocycles. The highest BCUT2D eigenvalue weighted by atomic mass is 32.2. The van der Waals surface area contributed by atoms with Crippen LogP contribution in [0, 0.1) is 34.4 Å². The number of thioether (sulfide) groups is 1. The van der Waals surface area contributed by atoms with Crippen LogP contribution in [0.1, 0.15) is 64.1 Å². The number of rotatable bonds is 5. The molecule has 0 aliphatic heterocycles. The van der Waals surface area contributed by atoms with Crippen molar-refractivity contribution in [1.82, 2.24) is 9.78 Å². The Morgan fingerprint density at radius 3 is 2.74 bits per heavy atom. The lowest BCUT2D eigenvalue weighted by Crippen LogP contribution is -2.62. The summed E-state index contributed by atoms with van der Waals surface area (Å²) in [5.41, 5.74) is 1.85. The molecule has 4 aliphatic rings. The van der Waals surface area contributed by atoms with Gasteiger partial charge >= 0.3 is 0 Å². The van der Waals surface area contributed by atoms with Gasteiger partial charge in [-0.3, -0.25) is 9.79 Å². The van der Waals surface area contributed by atoms with Gasteiger partial charge in [-0.05, 0) is 111 Å². The minimum absolute atomic E-state index is 0.0273. The van der Waals surface area contributed by atoms with Crippen molar-refractivity contribution in [3.05, 3.63) is 65.3 Å². The molecular formula is C34H41FN4O3S. The average Bonchev–Trinajstić information content (AvgIpc) is 3.50.